The Morgan fingerprint density at radius 3 is 2.51 bits per heavy atom. The van der Waals surface area contributed by atoms with Crippen LogP contribution in [-0.2, 0) is 16.1 Å². The molecular weight excluding hydrogens is 486 g/mol. The van der Waals surface area contributed by atoms with E-state index in [0.717, 1.165) is 58.8 Å². The number of nitrogens with one attached hydrogen (secondary N) is 1. The van der Waals surface area contributed by atoms with Crippen LogP contribution in [-0.4, -0.2) is 41.2 Å². The second-order valence-corrected chi connectivity index (χ2v) is 11.0. The van der Waals surface area contributed by atoms with Gasteiger partial charge in [-0.1, -0.05) is 80.3 Å². The van der Waals surface area contributed by atoms with Gasteiger partial charge >= 0.3 is 0 Å². The summed E-state index contributed by atoms with van der Waals surface area (Å²) >= 11 is 0. The van der Waals surface area contributed by atoms with Crippen molar-refractivity contribution >= 4 is 34.2 Å². The molecule has 1 atom stereocenters. The van der Waals surface area contributed by atoms with Crippen LogP contribution in [0.3, 0.4) is 0 Å². The molecule has 1 fully saturated rings. The van der Waals surface area contributed by atoms with Crippen molar-refractivity contribution in [2.75, 3.05) is 11.4 Å². The molecule has 0 saturated heterocycles. The predicted molar refractivity (Wildman–Crippen MR) is 156 cm³/mol. The maximum atomic E-state index is 13.7. The highest BCUT2D eigenvalue weighted by Crippen LogP contribution is 2.37. The number of rotatable bonds is 10. The molecule has 0 aromatic heterocycles. The summed E-state index contributed by atoms with van der Waals surface area (Å²) in [7, 11) is 0. The van der Waals surface area contributed by atoms with Crippen LogP contribution in [0.15, 0.2) is 60.7 Å². The Morgan fingerprint density at radius 2 is 1.77 bits per heavy atom. The van der Waals surface area contributed by atoms with Gasteiger partial charge in [-0.05, 0) is 55.7 Å². The first-order valence-corrected chi connectivity index (χ1v) is 14.4. The molecule has 3 amide bonds. The summed E-state index contributed by atoms with van der Waals surface area (Å²) in [5.74, 6) is -0.115. The first-order valence-electron chi connectivity index (χ1n) is 14.4. The van der Waals surface area contributed by atoms with Gasteiger partial charge in [-0.15, -0.1) is 0 Å². The normalized spacial score (nSPS) is 15.9. The van der Waals surface area contributed by atoms with E-state index in [2.05, 4.69) is 11.4 Å². The predicted octanol–water partition coefficient (Wildman–Crippen LogP) is 6.14. The van der Waals surface area contributed by atoms with Gasteiger partial charge in [-0.25, -0.2) is 0 Å². The quantitative estimate of drug-likeness (QED) is 0.345. The summed E-state index contributed by atoms with van der Waals surface area (Å²) in [6.07, 6.45) is 6.87. The van der Waals surface area contributed by atoms with E-state index < -0.39 is 6.04 Å². The number of hydrogen-bond donors (Lipinski definition) is 1. The van der Waals surface area contributed by atoms with E-state index in [9.17, 15) is 14.4 Å². The Bertz CT molecular complexity index is 1360. The van der Waals surface area contributed by atoms with Crippen molar-refractivity contribution in [3.8, 4) is 0 Å². The molecule has 1 N–H and O–H groups in total. The minimum Gasteiger partial charge on any atom is -0.352 e. The van der Waals surface area contributed by atoms with E-state index in [0.29, 0.717) is 25.9 Å². The van der Waals surface area contributed by atoms with E-state index >= 15 is 0 Å². The molecule has 0 unspecified atom stereocenters. The smallest absolute Gasteiger partial charge is 0.258 e. The van der Waals surface area contributed by atoms with Gasteiger partial charge in [0.15, 0.2) is 0 Å². The lowest BCUT2D eigenvalue weighted by molar-refractivity contribution is -0.141. The van der Waals surface area contributed by atoms with E-state index in [1.54, 1.807) is 9.80 Å². The van der Waals surface area contributed by atoms with Crippen LogP contribution in [0.1, 0.15) is 79.8 Å². The average molecular weight is 526 g/mol. The maximum Gasteiger partial charge on any atom is 0.258 e. The molecule has 2 aliphatic rings. The summed E-state index contributed by atoms with van der Waals surface area (Å²) in [6.45, 7) is 4.86. The van der Waals surface area contributed by atoms with Crippen molar-refractivity contribution in [1.29, 1.82) is 0 Å². The molecule has 1 saturated carbocycles. The SMILES string of the molecule is CC[C@@H](C(=O)NC1CCCCC1)N(Cc1cccc(C)c1)C(=O)CCCN1C(=O)c2cccc3cccc1c23. The lowest BCUT2D eigenvalue weighted by Crippen LogP contribution is -2.51. The average Bonchev–Trinajstić information content (AvgIpc) is 3.21. The van der Waals surface area contributed by atoms with Crippen LogP contribution in [0, 0.1) is 6.92 Å². The minimum atomic E-state index is -0.522. The number of carbonyl (C=O) groups excluding carboxylic acids is 3. The minimum absolute atomic E-state index is 0.0100. The molecule has 0 bridgehead atoms. The Morgan fingerprint density at radius 1 is 1.03 bits per heavy atom. The largest absolute Gasteiger partial charge is 0.352 e. The molecule has 3 aromatic rings. The lowest BCUT2D eigenvalue weighted by Gasteiger charge is -2.33. The molecule has 0 radical (unpaired) electrons. The van der Waals surface area contributed by atoms with E-state index in [-0.39, 0.29) is 30.2 Å². The number of benzene rings is 3. The van der Waals surface area contributed by atoms with Gasteiger partial charge in [0.2, 0.25) is 11.8 Å². The second-order valence-electron chi connectivity index (χ2n) is 11.0. The molecule has 0 spiro atoms. The zero-order chi connectivity index (χ0) is 27.4. The van der Waals surface area contributed by atoms with Crippen LogP contribution in [0.25, 0.3) is 10.8 Å². The number of amides is 3. The van der Waals surface area contributed by atoms with E-state index in [1.165, 1.54) is 6.42 Å². The van der Waals surface area contributed by atoms with Crippen molar-refractivity contribution in [3.05, 3.63) is 77.4 Å². The van der Waals surface area contributed by atoms with Gasteiger partial charge in [-0.2, -0.15) is 0 Å². The van der Waals surface area contributed by atoms with Crippen LogP contribution >= 0.6 is 0 Å². The fourth-order valence-electron chi connectivity index (χ4n) is 6.20. The van der Waals surface area contributed by atoms with E-state index in [4.69, 9.17) is 0 Å². The molecular formula is C33H39N3O3. The van der Waals surface area contributed by atoms with Crippen LogP contribution in [0.2, 0.25) is 0 Å². The lowest BCUT2D eigenvalue weighted by atomic mass is 9.95. The van der Waals surface area contributed by atoms with Crippen molar-refractivity contribution in [3.63, 3.8) is 0 Å². The number of hydrogen-bond acceptors (Lipinski definition) is 3. The Labute approximate surface area is 231 Å². The highest BCUT2D eigenvalue weighted by atomic mass is 16.2. The first-order chi connectivity index (χ1) is 19.0. The van der Waals surface area contributed by atoms with Gasteiger partial charge < -0.3 is 15.1 Å². The van der Waals surface area contributed by atoms with Gasteiger partial charge in [-0.3, -0.25) is 14.4 Å². The zero-order valence-corrected chi connectivity index (χ0v) is 23.1. The number of anilines is 1. The summed E-state index contributed by atoms with van der Waals surface area (Å²) in [4.78, 5) is 43.9. The van der Waals surface area contributed by atoms with Crippen molar-refractivity contribution in [1.82, 2.24) is 10.2 Å². The third-order valence-corrected chi connectivity index (χ3v) is 8.19. The van der Waals surface area contributed by atoms with Crippen LogP contribution < -0.4 is 10.2 Å². The van der Waals surface area contributed by atoms with Gasteiger partial charge in [0, 0.05) is 36.5 Å². The van der Waals surface area contributed by atoms with Gasteiger partial charge in [0.1, 0.15) is 6.04 Å². The van der Waals surface area contributed by atoms with E-state index in [1.807, 2.05) is 68.4 Å². The first kappa shape index (κ1) is 26.9. The Kier molecular flexibility index (Phi) is 8.30. The highest BCUT2D eigenvalue weighted by molar-refractivity contribution is 6.25. The molecule has 204 valence electrons. The molecule has 5 rings (SSSR count). The fraction of sp³-hybridized carbons (Fsp3) is 0.424. The topological polar surface area (TPSA) is 69.7 Å². The van der Waals surface area contributed by atoms with Crippen LogP contribution in [0.5, 0.6) is 0 Å². The summed E-state index contributed by atoms with van der Waals surface area (Å²) < 4.78 is 0. The van der Waals surface area contributed by atoms with Gasteiger partial charge in [0.05, 0.1) is 5.69 Å². The van der Waals surface area contributed by atoms with Crippen molar-refractivity contribution < 1.29 is 14.4 Å². The molecule has 6 heteroatoms. The maximum absolute atomic E-state index is 13.7. The third-order valence-electron chi connectivity index (χ3n) is 8.19. The molecule has 39 heavy (non-hydrogen) atoms. The van der Waals surface area contributed by atoms with Crippen LogP contribution in [0.4, 0.5) is 5.69 Å². The fourth-order valence-corrected chi connectivity index (χ4v) is 6.20. The molecule has 1 heterocycles. The molecule has 1 aliphatic carbocycles. The molecule has 3 aromatic carbocycles. The standard InChI is InChI=1S/C33H39N3O3/c1-3-28(32(38)34-26-15-5-4-6-16-26)36(22-24-12-7-11-23(2)21-24)30(37)19-10-20-35-29-18-9-14-25-13-8-17-27(31(25)29)33(35)39/h7-9,11-14,17-18,21,26,28H,3-6,10,15-16,19-20,22H2,1-2H3,(H,34,38)/t28-/m0/s1. The number of carbonyl (C=O) groups is 3. The summed E-state index contributed by atoms with van der Waals surface area (Å²) in [5.41, 5.74) is 3.78. The molecule has 6 nitrogen and oxygen atoms in total. The second kappa shape index (κ2) is 12.0. The summed E-state index contributed by atoms with van der Waals surface area (Å²) in [6, 6.07) is 19.6. The van der Waals surface area contributed by atoms with Crippen molar-refractivity contribution in [2.24, 2.45) is 0 Å². The monoisotopic (exact) mass is 525 g/mol. The van der Waals surface area contributed by atoms with Crippen molar-refractivity contribution in [2.45, 2.75) is 83.8 Å². The zero-order valence-electron chi connectivity index (χ0n) is 23.1. The Balaban J connectivity index is 1.29. The number of aryl methyl sites for hydroxylation is 1. The summed E-state index contributed by atoms with van der Waals surface area (Å²) in [5, 5.41) is 5.29. The number of nitrogens with zero attached hydrogens (tertiary/aromatic N) is 2. The third kappa shape index (κ3) is 5.85. The highest BCUT2D eigenvalue weighted by Gasteiger charge is 2.32. The Hall–Kier alpha value is -3.67. The molecule has 1 aliphatic heterocycles. The van der Waals surface area contributed by atoms with Gasteiger partial charge in [0.25, 0.3) is 5.91 Å².